The number of benzene rings is 1. The first kappa shape index (κ1) is 14.7. The molecule has 1 heterocycles. The van der Waals surface area contributed by atoms with E-state index >= 15 is 0 Å². The van der Waals surface area contributed by atoms with Gasteiger partial charge < -0.3 is 9.73 Å². The summed E-state index contributed by atoms with van der Waals surface area (Å²) in [5.41, 5.74) is 0.849. The van der Waals surface area contributed by atoms with Gasteiger partial charge in [0, 0.05) is 17.5 Å². The number of rotatable bonds is 6. The molecule has 0 aliphatic heterocycles. The molecule has 0 aliphatic rings. The second kappa shape index (κ2) is 6.66. The highest BCUT2D eigenvalue weighted by Crippen LogP contribution is 2.30. The number of nitrogens with one attached hydrogen (secondary N) is 1. The van der Waals surface area contributed by atoms with Gasteiger partial charge >= 0.3 is 0 Å². The Morgan fingerprint density at radius 3 is 2.45 bits per heavy atom. The molecule has 0 saturated carbocycles. The fraction of sp³-hybridized carbons (Fsp3) is 0.375. The minimum atomic E-state index is -0.540. The second-order valence-electron chi connectivity index (χ2n) is 4.68. The number of hydrogen-bond acceptors (Lipinski definition) is 2. The predicted octanol–water partition coefficient (Wildman–Crippen LogP) is 4.21. The largest absolute Gasteiger partial charge is 0.469 e. The molecule has 0 aliphatic carbocycles. The molecule has 4 heteroatoms. The van der Waals surface area contributed by atoms with Crippen molar-refractivity contribution in [2.24, 2.45) is 0 Å². The zero-order valence-electron chi connectivity index (χ0n) is 11.7. The van der Waals surface area contributed by atoms with Crippen molar-refractivity contribution in [3.05, 3.63) is 59.1 Å². The zero-order valence-corrected chi connectivity index (χ0v) is 11.7. The Kier molecular flexibility index (Phi) is 4.90. The minimum Gasteiger partial charge on any atom is -0.469 e. The highest BCUT2D eigenvalue weighted by Gasteiger charge is 2.24. The van der Waals surface area contributed by atoms with Crippen molar-refractivity contribution in [2.75, 3.05) is 6.54 Å². The lowest BCUT2D eigenvalue weighted by atomic mass is 9.97. The lowest BCUT2D eigenvalue weighted by molar-refractivity contribution is 0.480. The van der Waals surface area contributed by atoms with Gasteiger partial charge in [-0.25, -0.2) is 8.78 Å². The van der Waals surface area contributed by atoms with Crippen LogP contribution in [-0.2, 0) is 6.42 Å². The first-order chi connectivity index (χ1) is 9.69. The summed E-state index contributed by atoms with van der Waals surface area (Å²) in [4.78, 5) is 0. The Bertz CT molecular complexity index is 545. The van der Waals surface area contributed by atoms with Crippen molar-refractivity contribution >= 4 is 0 Å². The first-order valence-corrected chi connectivity index (χ1v) is 6.92. The summed E-state index contributed by atoms with van der Waals surface area (Å²) in [5.74, 6) is -0.329. The number of halogens is 2. The van der Waals surface area contributed by atoms with Gasteiger partial charge in [0.05, 0.1) is 12.3 Å². The lowest BCUT2D eigenvalue weighted by Gasteiger charge is -2.20. The molecule has 2 aromatic rings. The van der Waals surface area contributed by atoms with E-state index in [0.717, 1.165) is 17.7 Å². The maximum absolute atomic E-state index is 14.0. The molecule has 108 valence electrons. The van der Waals surface area contributed by atoms with Crippen LogP contribution < -0.4 is 5.32 Å². The van der Waals surface area contributed by atoms with Gasteiger partial charge in [0.1, 0.15) is 17.4 Å². The van der Waals surface area contributed by atoms with Gasteiger partial charge in [-0.15, -0.1) is 0 Å². The first-order valence-electron chi connectivity index (χ1n) is 6.92. The van der Waals surface area contributed by atoms with Crippen LogP contribution in [0.4, 0.5) is 8.78 Å². The Morgan fingerprint density at radius 2 is 1.85 bits per heavy atom. The van der Waals surface area contributed by atoms with Gasteiger partial charge in [-0.05, 0) is 31.2 Å². The fourth-order valence-electron chi connectivity index (χ4n) is 2.34. The SMILES string of the molecule is CCCNC(c1ccoc1CC)c1c(F)cccc1F. The summed E-state index contributed by atoms with van der Waals surface area (Å²) < 4.78 is 33.5. The van der Waals surface area contributed by atoms with Crippen LogP contribution in [0.15, 0.2) is 34.9 Å². The van der Waals surface area contributed by atoms with Crippen LogP contribution in [-0.4, -0.2) is 6.54 Å². The lowest BCUT2D eigenvalue weighted by Crippen LogP contribution is -2.25. The summed E-state index contributed by atoms with van der Waals surface area (Å²) in [5, 5.41) is 3.20. The van der Waals surface area contributed by atoms with Crippen molar-refractivity contribution in [3.63, 3.8) is 0 Å². The van der Waals surface area contributed by atoms with E-state index in [1.165, 1.54) is 18.2 Å². The Morgan fingerprint density at radius 1 is 1.15 bits per heavy atom. The molecule has 0 fully saturated rings. The third-order valence-electron chi connectivity index (χ3n) is 3.30. The van der Waals surface area contributed by atoms with Crippen LogP contribution in [0.2, 0.25) is 0 Å². The highest BCUT2D eigenvalue weighted by molar-refractivity contribution is 5.35. The van der Waals surface area contributed by atoms with Crippen LogP contribution >= 0.6 is 0 Å². The molecule has 1 N–H and O–H groups in total. The molecule has 0 spiro atoms. The molecule has 0 amide bonds. The standard InChI is InChI=1S/C16H19F2NO/c1-3-9-19-16(11-8-10-20-14(11)4-2)15-12(17)6-5-7-13(15)18/h5-8,10,16,19H,3-4,9H2,1-2H3. The normalized spacial score (nSPS) is 12.6. The van der Waals surface area contributed by atoms with E-state index in [-0.39, 0.29) is 5.56 Å². The zero-order chi connectivity index (χ0) is 14.5. The molecule has 1 aromatic heterocycles. The highest BCUT2D eigenvalue weighted by atomic mass is 19.1. The molecule has 0 radical (unpaired) electrons. The summed E-state index contributed by atoms with van der Waals surface area (Å²) in [6.07, 6.45) is 3.13. The molecule has 2 nitrogen and oxygen atoms in total. The summed E-state index contributed by atoms with van der Waals surface area (Å²) in [7, 11) is 0. The van der Waals surface area contributed by atoms with Crippen LogP contribution in [0, 0.1) is 11.6 Å². The van der Waals surface area contributed by atoms with Gasteiger partial charge in [-0.1, -0.05) is 19.9 Å². The molecular weight excluding hydrogens is 260 g/mol. The fourth-order valence-corrected chi connectivity index (χ4v) is 2.34. The molecule has 0 bridgehead atoms. The van der Waals surface area contributed by atoms with Gasteiger partial charge in [-0.2, -0.15) is 0 Å². The third kappa shape index (κ3) is 2.90. The monoisotopic (exact) mass is 279 g/mol. The molecule has 2 rings (SSSR count). The Labute approximate surface area is 117 Å². The second-order valence-corrected chi connectivity index (χ2v) is 4.68. The minimum absolute atomic E-state index is 0.0528. The molecule has 0 saturated heterocycles. The average Bonchev–Trinajstić information content (AvgIpc) is 2.90. The van der Waals surface area contributed by atoms with E-state index in [1.54, 1.807) is 12.3 Å². The van der Waals surface area contributed by atoms with Crippen molar-refractivity contribution < 1.29 is 13.2 Å². The van der Waals surface area contributed by atoms with Gasteiger partial charge in [0.15, 0.2) is 0 Å². The average molecular weight is 279 g/mol. The van der Waals surface area contributed by atoms with Gasteiger partial charge in [0.25, 0.3) is 0 Å². The van der Waals surface area contributed by atoms with E-state index in [0.29, 0.717) is 13.0 Å². The van der Waals surface area contributed by atoms with Crippen molar-refractivity contribution in [2.45, 2.75) is 32.7 Å². The summed E-state index contributed by atoms with van der Waals surface area (Å²) in [6.45, 7) is 4.64. The maximum atomic E-state index is 14.0. The molecule has 1 atom stereocenters. The van der Waals surface area contributed by atoms with Crippen LogP contribution in [0.5, 0.6) is 0 Å². The maximum Gasteiger partial charge on any atom is 0.131 e. The van der Waals surface area contributed by atoms with Crippen LogP contribution in [0.1, 0.15) is 43.2 Å². The molecular formula is C16H19F2NO. The smallest absolute Gasteiger partial charge is 0.131 e. The number of furan rings is 1. The van der Waals surface area contributed by atoms with E-state index in [2.05, 4.69) is 5.32 Å². The molecule has 1 unspecified atom stereocenters. The Balaban J connectivity index is 2.47. The number of aryl methyl sites for hydroxylation is 1. The summed E-state index contributed by atoms with van der Waals surface area (Å²) in [6, 6.07) is 5.19. The molecule has 20 heavy (non-hydrogen) atoms. The number of hydrogen-bond donors (Lipinski definition) is 1. The quantitative estimate of drug-likeness (QED) is 0.857. The topological polar surface area (TPSA) is 25.2 Å². The summed E-state index contributed by atoms with van der Waals surface area (Å²) >= 11 is 0. The van der Waals surface area contributed by atoms with Crippen LogP contribution in [0.3, 0.4) is 0 Å². The predicted molar refractivity (Wildman–Crippen MR) is 74.6 cm³/mol. The van der Waals surface area contributed by atoms with Gasteiger partial charge in [-0.3, -0.25) is 0 Å². The van der Waals surface area contributed by atoms with Crippen molar-refractivity contribution in [1.82, 2.24) is 5.32 Å². The van der Waals surface area contributed by atoms with Gasteiger partial charge in [0.2, 0.25) is 0 Å². The van der Waals surface area contributed by atoms with E-state index in [1.807, 2.05) is 13.8 Å². The van der Waals surface area contributed by atoms with E-state index in [4.69, 9.17) is 4.42 Å². The van der Waals surface area contributed by atoms with Crippen LogP contribution in [0.25, 0.3) is 0 Å². The third-order valence-corrected chi connectivity index (χ3v) is 3.30. The Hall–Kier alpha value is -1.68. The van der Waals surface area contributed by atoms with E-state index < -0.39 is 17.7 Å². The molecule has 1 aromatic carbocycles. The van der Waals surface area contributed by atoms with E-state index in [9.17, 15) is 8.78 Å². The van der Waals surface area contributed by atoms with Crippen molar-refractivity contribution in [1.29, 1.82) is 0 Å². The van der Waals surface area contributed by atoms with Crippen molar-refractivity contribution in [3.8, 4) is 0 Å².